The number of methoxy groups -OCH3 is 1. The number of esters is 1. The van der Waals surface area contributed by atoms with Crippen molar-refractivity contribution in [2.45, 2.75) is 76.0 Å². The number of fused-ring (bicyclic) bond motifs is 1. The molecule has 0 bridgehead atoms. The topological polar surface area (TPSA) is 168 Å². The molecule has 2 heterocycles. The highest BCUT2D eigenvalue weighted by Crippen LogP contribution is 2.34. The van der Waals surface area contributed by atoms with Gasteiger partial charge in [-0.3, -0.25) is 24.2 Å². The predicted molar refractivity (Wildman–Crippen MR) is 169 cm³/mol. The molecule has 5 rings (SSSR count). The third-order valence-electron chi connectivity index (χ3n) is 8.53. The van der Waals surface area contributed by atoms with E-state index in [9.17, 15) is 24.0 Å². The van der Waals surface area contributed by atoms with Crippen LogP contribution in [-0.2, 0) is 30.3 Å². The summed E-state index contributed by atoms with van der Waals surface area (Å²) in [6, 6.07) is 10.4. The number of carbonyl (C=O) groups excluding carboxylic acids is 5. The van der Waals surface area contributed by atoms with Crippen LogP contribution in [0.5, 0.6) is 0 Å². The van der Waals surface area contributed by atoms with Crippen molar-refractivity contribution in [3.05, 3.63) is 72.3 Å². The van der Waals surface area contributed by atoms with E-state index in [-0.39, 0.29) is 30.4 Å². The highest BCUT2D eigenvalue weighted by atomic mass is 16.5. The summed E-state index contributed by atoms with van der Waals surface area (Å²) in [6.45, 7) is 3.80. The molecule has 2 aromatic carbocycles. The Morgan fingerprint density at radius 3 is 2.33 bits per heavy atom. The zero-order valence-electron chi connectivity index (χ0n) is 26.2. The van der Waals surface area contributed by atoms with Gasteiger partial charge in [0.1, 0.15) is 23.8 Å². The number of rotatable bonds is 13. The third kappa shape index (κ3) is 8.23. The fraction of sp³-hybridized carbons (Fsp3) is 0.441. The van der Waals surface area contributed by atoms with Crippen molar-refractivity contribution in [2.75, 3.05) is 7.11 Å². The molecule has 0 unspecified atom stereocenters. The summed E-state index contributed by atoms with van der Waals surface area (Å²) in [4.78, 5) is 74.1. The molecule has 1 saturated heterocycles. The van der Waals surface area contributed by atoms with E-state index in [4.69, 9.17) is 4.74 Å². The molecule has 1 saturated carbocycles. The van der Waals surface area contributed by atoms with Gasteiger partial charge < -0.3 is 26.0 Å². The fourth-order valence-electron chi connectivity index (χ4n) is 6.04. The molecular formula is C34H40N6O6. The lowest BCUT2D eigenvalue weighted by atomic mass is 9.91. The molecule has 1 aliphatic carbocycles. The minimum Gasteiger partial charge on any atom is -0.467 e. The highest BCUT2D eigenvalue weighted by molar-refractivity contribution is 5.98. The summed E-state index contributed by atoms with van der Waals surface area (Å²) in [6.07, 6.45) is 7.05. The number of hydrogen-bond donors (Lipinski definition) is 4. The first kappa shape index (κ1) is 32.5. The Bertz CT molecular complexity index is 1600. The van der Waals surface area contributed by atoms with Gasteiger partial charge in [0, 0.05) is 30.3 Å². The molecule has 1 aromatic heterocycles. The molecule has 4 N–H and O–H groups in total. The van der Waals surface area contributed by atoms with Gasteiger partial charge >= 0.3 is 5.97 Å². The van der Waals surface area contributed by atoms with Gasteiger partial charge in [-0.2, -0.15) is 0 Å². The lowest BCUT2D eigenvalue weighted by Crippen LogP contribution is -2.56. The summed E-state index contributed by atoms with van der Waals surface area (Å²) in [5.41, 5.74) is 0.457. The maximum absolute atomic E-state index is 13.9. The van der Waals surface area contributed by atoms with Crippen LogP contribution in [0, 0.1) is 11.8 Å². The van der Waals surface area contributed by atoms with Crippen LogP contribution in [0.2, 0.25) is 0 Å². The van der Waals surface area contributed by atoms with E-state index < -0.39 is 53.3 Å². The number of carbonyl (C=O) groups is 5. The van der Waals surface area contributed by atoms with Crippen LogP contribution >= 0.6 is 0 Å². The molecule has 12 nitrogen and oxygen atoms in total. The summed E-state index contributed by atoms with van der Waals surface area (Å²) >= 11 is 0. The van der Waals surface area contributed by atoms with Gasteiger partial charge in [0.15, 0.2) is 0 Å². The van der Waals surface area contributed by atoms with Gasteiger partial charge in [-0.05, 0) is 55.4 Å². The van der Waals surface area contributed by atoms with Crippen LogP contribution in [0.4, 0.5) is 0 Å². The van der Waals surface area contributed by atoms with Crippen LogP contribution in [0.15, 0.2) is 61.1 Å². The molecule has 0 radical (unpaired) electrons. The molecule has 2 aliphatic rings. The predicted octanol–water partition coefficient (Wildman–Crippen LogP) is 2.22. The van der Waals surface area contributed by atoms with Gasteiger partial charge in [0.2, 0.25) is 17.7 Å². The zero-order valence-corrected chi connectivity index (χ0v) is 26.2. The van der Waals surface area contributed by atoms with Crippen LogP contribution in [0.1, 0.15) is 62.0 Å². The SMILES string of the molecule is COC(=O)[C@H](C[C@@H]1CC(C)(C)NC1=O)NC(=O)[C@H](CC1CC1)NC(=O)[C@H](Cc1cccc2ccccc12)NC(=O)c1cnccn1. The lowest BCUT2D eigenvalue weighted by Gasteiger charge is -2.26. The molecule has 4 atom stereocenters. The van der Waals surface area contributed by atoms with Crippen LogP contribution in [0.25, 0.3) is 10.8 Å². The molecule has 46 heavy (non-hydrogen) atoms. The molecule has 12 heteroatoms. The molecule has 2 fully saturated rings. The second-order valence-corrected chi connectivity index (χ2v) is 12.8. The minimum atomic E-state index is -1.08. The second kappa shape index (κ2) is 14.1. The maximum atomic E-state index is 13.9. The summed E-state index contributed by atoms with van der Waals surface area (Å²) in [7, 11) is 1.22. The van der Waals surface area contributed by atoms with Crippen molar-refractivity contribution in [1.29, 1.82) is 0 Å². The van der Waals surface area contributed by atoms with Crippen molar-refractivity contribution < 1.29 is 28.7 Å². The smallest absolute Gasteiger partial charge is 0.328 e. The van der Waals surface area contributed by atoms with E-state index >= 15 is 0 Å². The minimum absolute atomic E-state index is 0.0468. The molecule has 4 amide bonds. The van der Waals surface area contributed by atoms with Crippen molar-refractivity contribution in [3.8, 4) is 0 Å². The first-order valence-electron chi connectivity index (χ1n) is 15.6. The molecular weight excluding hydrogens is 588 g/mol. The van der Waals surface area contributed by atoms with Crippen molar-refractivity contribution >= 4 is 40.4 Å². The molecule has 1 aliphatic heterocycles. The summed E-state index contributed by atoms with van der Waals surface area (Å²) in [5.74, 6) is -2.81. The standard InChI is InChI=1S/C34H40N6O6/c1-34(2)18-23(29(41)40-34)17-27(33(45)46-3)39-30(42)25(15-20-11-12-20)37-31(43)26(38-32(44)28-19-35-13-14-36-28)16-22-9-6-8-21-7-4-5-10-24(21)22/h4-10,13-14,19-20,23,25-27H,11-12,15-18H2,1-3H3,(H,37,43)(H,38,44)(H,39,42)(H,40,41)/t23-,25+,26+,27+/m1/s1. The number of aromatic nitrogens is 2. The van der Waals surface area contributed by atoms with Gasteiger partial charge in [0.05, 0.1) is 13.3 Å². The van der Waals surface area contributed by atoms with E-state index in [0.717, 1.165) is 29.2 Å². The number of nitrogens with one attached hydrogen (secondary N) is 4. The van der Waals surface area contributed by atoms with Gasteiger partial charge in [0.25, 0.3) is 5.91 Å². The van der Waals surface area contributed by atoms with E-state index in [0.29, 0.717) is 12.8 Å². The Balaban J connectivity index is 1.36. The van der Waals surface area contributed by atoms with Gasteiger partial charge in [-0.25, -0.2) is 9.78 Å². The van der Waals surface area contributed by atoms with Crippen LogP contribution in [-0.4, -0.2) is 70.3 Å². The molecule has 0 spiro atoms. The third-order valence-corrected chi connectivity index (χ3v) is 8.53. The number of nitrogens with zero attached hydrogens (tertiary/aromatic N) is 2. The Kier molecular flexibility index (Phi) is 9.93. The fourth-order valence-corrected chi connectivity index (χ4v) is 6.04. The average Bonchev–Trinajstić information content (AvgIpc) is 3.82. The maximum Gasteiger partial charge on any atom is 0.328 e. The number of amides is 4. The average molecular weight is 629 g/mol. The van der Waals surface area contributed by atoms with E-state index in [1.807, 2.05) is 56.3 Å². The lowest BCUT2D eigenvalue weighted by molar-refractivity contribution is -0.146. The first-order chi connectivity index (χ1) is 22.0. The van der Waals surface area contributed by atoms with Crippen LogP contribution in [0.3, 0.4) is 0 Å². The van der Waals surface area contributed by atoms with Gasteiger partial charge in [-0.15, -0.1) is 0 Å². The Morgan fingerprint density at radius 1 is 0.935 bits per heavy atom. The van der Waals surface area contributed by atoms with E-state index in [1.54, 1.807) is 0 Å². The van der Waals surface area contributed by atoms with Crippen molar-refractivity contribution in [3.63, 3.8) is 0 Å². The number of ether oxygens (including phenoxy) is 1. The summed E-state index contributed by atoms with van der Waals surface area (Å²) < 4.78 is 4.96. The first-order valence-corrected chi connectivity index (χ1v) is 15.6. The molecule has 242 valence electrons. The quantitative estimate of drug-likeness (QED) is 0.209. The zero-order chi connectivity index (χ0) is 32.8. The molecule has 3 aromatic rings. The van der Waals surface area contributed by atoms with Crippen molar-refractivity contribution in [1.82, 2.24) is 31.2 Å². The van der Waals surface area contributed by atoms with E-state index in [2.05, 4.69) is 31.2 Å². The van der Waals surface area contributed by atoms with Crippen molar-refractivity contribution in [2.24, 2.45) is 11.8 Å². The number of benzene rings is 2. The van der Waals surface area contributed by atoms with Crippen LogP contribution < -0.4 is 21.3 Å². The van der Waals surface area contributed by atoms with Gasteiger partial charge in [-0.1, -0.05) is 55.3 Å². The Morgan fingerprint density at radius 2 is 1.65 bits per heavy atom. The van der Waals surface area contributed by atoms with E-state index in [1.165, 1.54) is 25.7 Å². The largest absolute Gasteiger partial charge is 0.467 e. The number of hydrogen-bond acceptors (Lipinski definition) is 8. The monoisotopic (exact) mass is 628 g/mol. The Labute approximate surface area is 267 Å². The highest BCUT2D eigenvalue weighted by Gasteiger charge is 2.41. The summed E-state index contributed by atoms with van der Waals surface area (Å²) in [5, 5.41) is 13.2. The Hall–Kier alpha value is -4.87. The second-order valence-electron chi connectivity index (χ2n) is 12.8. The normalized spacial score (nSPS) is 18.9.